The Kier molecular flexibility index (Phi) is 8.76. The normalized spacial score (nSPS) is 35.0. The van der Waals surface area contributed by atoms with Crippen molar-refractivity contribution in [3.05, 3.63) is 69.4 Å². The molecule has 2 saturated carbocycles. The minimum absolute atomic E-state index is 0.0341. The summed E-state index contributed by atoms with van der Waals surface area (Å²) in [6.45, 7) is 10.2. The Labute approximate surface area is 284 Å². The highest BCUT2D eigenvalue weighted by atomic mass is 32.1. The van der Waals surface area contributed by atoms with E-state index in [0.717, 1.165) is 4.88 Å². The standard InChI is InChI=1S/C37H44O10S/c1-20-24-17-27(39)35(6)15-14-28-36(19-44-28,47-22(3)38)30(35)31(46-32(41)23-11-8-7-9-12-23)37(43,34(24,4)5)18-25(20)45-33(42)29(40)21(2)26-13-10-16-48-26/h7-13,16,21,25,28-31,40,43H,14-15,17-19H2,1-6H3/t21-,25?,28+,29+,30-,31-,35-,36-,37+/m0/s1. The highest BCUT2D eigenvalue weighted by Gasteiger charge is 2.75. The summed E-state index contributed by atoms with van der Waals surface area (Å²) >= 11 is 1.42. The number of aliphatic hydroxyl groups excluding tert-OH is 1. The first-order valence-corrected chi connectivity index (χ1v) is 17.4. The number of ketones is 1. The maximum atomic E-state index is 14.6. The van der Waals surface area contributed by atoms with Crippen LogP contribution in [-0.2, 0) is 33.3 Å². The lowest BCUT2D eigenvalue weighted by atomic mass is 9.46. The maximum Gasteiger partial charge on any atom is 0.338 e. The second kappa shape index (κ2) is 12.2. The van der Waals surface area contributed by atoms with Gasteiger partial charge in [0.25, 0.3) is 0 Å². The lowest BCUT2D eigenvalue weighted by Gasteiger charge is -2.66. The lowest BCUT2D eigenvalue weighted by Crippen LogP contribution is -2.78. The number of carbonyl (C=O) groups is 4. The smallest absolute Gasteiger partial charge is 0.338 e. The molecule has 3 fully saturated rings. The minimum atomic E-state index is -1.93. The summed E-state index contributed by atoms with van der Waals surface area (Å²) in [6, 6.07) is 12.0. The molecule has 0 amide bonds. The highest BCUT2D eigenvalue weighted by Crippen LogP contribution is 2.64. The Bertz CT molecular complexity index is 1630. The molecule has 1 saturated heterocycles. The number of esters is 3. The average Bonchev–Trinajstić information content (AvgIpc) is 3.58. The van der Waals surface area contributed by atoms with Crippen molar-refractivity contribution in [3.8, 4) is 0 Å². The van der Waals surface area contributed by atoms with Crippen molar-refractivity contribution in [1.82, 2.24) is 0 Å². The van der Waals surface area contributed by atoms with Crippen LogP contribution in [0, 0.1) is 16.7 Å². The molecule has 9 atom stereocenters. The van der Waals surface area contributed by atoms with Gasteiger partial charge in [0.1, 0.15) is 29.7 Å². The summed E-state index contributed by atoms with van der Waals surface area (Å²) in [5, 5.41) is 26.1. The summed E-state index contributed by atoms with van der Waals surface area (Å²) in [7, 11) is 0. The lowest BCUT2D eigenvalue weighted by molar-refractivity contribution is -0.331. The van der Waals surface area contributed by atoms with Crippen LogP contribution >= 0.6 is 11.3 Å². The Morgan fingerprint density at radius 2 is 1.77 bits per heavy atom. The van der Waals surface area contributed by atoms with E-state index in [0.29, 0.717) is 24.0 Å². The van der Waals surface area contributed by atoms with Crippen LogP contribution in [0.2, 0.25) is 0 Å². The SMILES string of the molecule is CC(=O)O[C@@]12CO[C@@H]1CC[C@@]1(C)C(=O)CC3=C(C)C(OC(=O)[C@H](O)[C@@H](C)c4cccs4)C[C@@](O)([C@@H](OC(=O)c4ccccc4)[C@H]21)C3(C)C. The Morgan fingerprint density at radius 3 is 2.38 bits per heavy atom. The summed E-state index contributed by atoms with van der Waals surface area (Å²) in [5.74, 6) is -3.86. The topological polar surface area (TPSA) is 146 Å². The van der Waals surface area contributed by atoms with Crippen LogP contribution in [0.1, 0.15) is 88.4 Å². The van der Waals surface area contributed by atoms with Crippen LogP contribution in [0.5, 0.6) is 0 Å². The second-order valence-electron chi connectivity index (χ2n) is 14.7. The number of Topliss-reactive ketones (excluding diaryl/α,β-unsaturated/α-hetero) is 1. The number of thiophene rings is 1. The van der Waals surface area contributed by atoms with Gasteiger partial charge in [-0.1, -0.05) is 57.5 Å². The number of carbonyl (C=O) groups excluding carboxylic acids is 4. The molecule has 11 heteroatoms. The molecule has 0 spiro atoms. The van der Waals surface area contributed by atoms with Gasteiger partial charge in [-0.3, -0.25) is 9.59 Å². The maximum absolute atomic E-state index is 14.6. The number of benzene rings is 1. The van der Waals surface area contributed by atoms with Crippen molar-refractivity contribution in [2.45, 2.75) is 109 Å². The zero-order chi connectivity index (χ0) is 34.8. The quantitative estimate of drug-likeness (QED) is 0.235. The van der Waals surface area contributed by atoms with Crippen LogP contribution in [0.3, 0.4) is 0 Å². The van der Waals surface area contributed by atoms with Gasteiger partial charge in [0.05, 0.1) is 18.1 Å². The van der Waals surface area contributed by atoms with E-state index >= 15 is 0 Å². The molecule has 2 bridgehead atoms. The van der Waals surface area contributed by atoms with Crippen LogP contribution in [-0.4, -0.2) is 76.1 Å². The molecule has 1 unspecified atom stereocenters. The molecular formula is C37H44O10S. The average molecular weight is 681 g/mol. The fourth-order valence-corrected chi connectivity index (χ4v) is 9.54. The fourth-order valence-electron chi connectivity index (χ4n) is 8.72. The van der Waals surface area contributed by atoms with Gasteiger partial charge in [0, 0.05) is 41.4 Å². The molecule has 1 aromatic heterocycles. The Balaban J connectivity index is 1.49. The van der Waals surface area contributed by atoms with E-state index in [4.69, 9.17) is 18.9 Å². The van der Waals surface area contributed by atoms with E-state index in [1.54, 1.807) is 65.0 Å². The molecule has 10 nitrogen and oxygen atoms in total. The molecular weight excluding hydrogens is 636 g/mol. The number of hydrogen-bond donors (Lipinski definition) is 2. The molecule has 1 aliphatic heterocycles. The fraction of sp³-hybridized carbons (Fsp3) is 0.568. The first-order chi connectivity index (χ1) is 22.6. The van der Waals surface area contributed by atoms with Gasteiger partial charge < -0.3 is 29.2 Å². The van der Waals surface area contributed by atoms with E-state index < -0.39 is 76.2 Å². The third-order valence-electron chi connectivity index (χ3n) is 11.8. The molecule has 3 aliphatic carbocycles. The van der Waals surface area contributed by atoms with Crippen LogP contribution in [0.4, 0.5) is 0 Å². The third kappa shape index (κ3) is 5.25. The summed E-state index contributed by atoms with van der Waals surface area (Å²) in [4.78, 5) is 55.6. The van der Waals surface area contributed by atoms with Crippen LogP contribution in [0.15, 0.2) is 59.0 Å². The van der Waals surface area contributed by atoms with Crippen molar-refractivity contribution in [1.29, 1.82) is 0 Å². The molecule has 2 N–H and O–H groups in total. The highest BCUT2D eigenvalue weighted by molar-refractivity contribution is 7.10. The van der Waals surface area contributed by atoms with Gasteiger partial charge >= 0.3 is 17.9 Å². The van der Waals surface area contributed by atoms with Gasteiger partial charge in [0.15, 0.2) is 11.7 Å². The predicted molar refractivity (Wildman–Crippen MR) is 175 cm³/mol. The number of fused-ring (bicyclic) bond motifs is 5. The molecule has 2 aromatic rings. The molecule has 1 aromatic carbocycles. The Hall–Kier alpha value is -3.38. The molecule has 48 heavy (non-hydrogen) atoms. The predicted octanol–water partition coefficient (Wildman–Crippen LogP) is 4.92. The van der Waals surface area contributed by atoms with Gasteiger partial charge in [-0.25, -0.2) is 9.59 Å². The first kappa shape index (κ1) is 34.5. The van der Waals surface area contributed by atoms with E-state index in [-0.39, 0.29) is 30.8 Å². The zero-order valence-electron chi connectivity index (χ0n) is 28.2. The van der Waals surface area contributed by atoms with Gasteiger partial charge in [-0.15, -0.1) is 11.3 Å². The first-order valence-electron chi connectivity index (χ1n) is 16.5. The second-order valence-corrected chi connectivity index (χ2v) is 15.6. The van der Waals surface area contributed by atoms with E-state index in [1.165, 1.54) is 18.3 Å². The molecule has 0 radical (unpaired) electrons. The van der Waals surface area contributed by atoms with Gasteiger partial charge in [0.2, 0.25) is 0 Å². The number of rotatable bonds is 7. The van der Waals surface area contributed by atoms with Crippen LogP contribution in [0.25, 0.3) is 0 Å². The summed E-state index contributed by atoms with van der Waals surface area (Å²) in [6.07, 6.45) is -3.96. The Morgan fingerprint density at radius 1 is 1.06 bits per heavy atom. The number of hydrogen-bond acceptors (Lipinski definition) is 11. The molecule has 6 rings (SSSR count). The van der Waals surface area contributed by atoms with E-state index in [1.807, 2.05) is 17.5 Å². The molecule has 4 aliphatic rings. The third-order valence-corrected chi connectivity index (χ3v) is 12.8. The molecule has 258 valence electrons. The largest absolute Gasteiger partial charge is 0.456 e. The minimum Gasteiger partial charge on any atom is -0.456 e. The zero-order valence-corrected chi connectivity index (χ0v) is 29.0. The van der Waals surface area contributed by atoms with E-state index in [9.17, 15) is 29.4 Å². The summed E-state index contributed by atoms with van der Waals surface area (Å²) < 4.78 is 24.4. The van der Waals surface area contributed by atoms with Crippen molar-refractivity contribution >= 4 is 35.0 Å². The van der Waals surface area contributed by atoms with Crippen molar-refractivity contribution in [3.63, 3.8) is 0 Å². The van der Waals surface area contributed by atoms with Crippen LogP contribution < -0.4 is 0 Å². The van der Waals surface area contributed by atoms with Crippen molar-refractivity contribution < 1.29 is 48.3 Å². The van der Waals surface area contributed by atoms with Gasteiger partial charge in [-0.05, 0) is 48.9 Å². The molecule has 2 heterocycles. The van der Waals surface area contributed by atoms with Crippen molar-refractivity contribution in [2.24, 2.45) is 16.7 Å². The van der Waals surface area contributed by atoms with Crippen molar-refractivity contribution in [2.75, 3.05) is 6.61 Å². The van der Waals surface area contributed by atoms with E-state index in [2.05, 4.69) is 0 Å². The number of ether oxygens (including phenoxy) is 4. The van der Waals surface area contributed by atoms with Gasteiger partial charge in [-0.2, -0.15) is 0 Å². The monoisotopic (exact) mass is 680 g/mol. The number of aliphatic hydroxyl groups is 2. The summed E-state index contributed by atoms with van der Waals surface area (Å²) in [5.41, 5.74) is -4.21.